The third kappa shape index (κ3) is 4.54. The van der Waals surface area contributed by atoms with E-state index in [0.29, 0.717) is 11.4 Å². The van der Waals surface area contributed by atoms with Crippen LogP contribution in [0.3, 0.4) is 0 Å². The topological polar surface area (TPSA) is 74.5 Å². The van der Waals surface area contributed by atoms with Gasteiger partial charge in [0, 0.05) is 10.6 Å². The summed E-state index contributed by atoms with van der Waals surface area (Å²) < 4.78 is 5.17. The predicted molar refractivity (Wildman–Crippen MR) is 88.1 cm³/mol. The molecule has 0 spiro atoms. The molecule has 2 amide bonds. The number of carbonyl (C=O) groups excluding carboxylic acids is 1. The minimum absolute atomic E-state index is 0.0513. The molecular weight excluding hydrogens is 300 g/mol. The Balaban J connectivity index is 1.89. The predicted octanol–water partition coefficient (Wildman–Crippen LogP) is 3.42. The maximum absolute atomic E-state index is 11.9. The largest absolute Gasteiger partial charge is 0.466 e. The van der Waals surface area contributed by atoms with E-state index in [4.69, 9.17) is 4.42 Å². The number of aliphatic hydroxyl groups is 1. The summed E-state index contributed by atoms with van der Waals surface area (Å²) in [5.41, 5.74) is -0.533. The van der Waals surface area contributed by atoms with Crippen molar-refractivity contribution in [3.05, 3.63) is 48.4 Å². The summed E-state index contributed by atoms with van der Waals surface area (Å²) in [6.45, 7) is 3.72. The molecule has 2 aromatic rings. The van der Waals surface area contributed by atoms with Crippen LogP contribution in [0.4, 0.5) is 10.5 Å². The highest BCUT2D eigenvalue weighted by atomic mass is 32.2. The lowest BCUT2D eigenvalue weighted by atomic mass is 10.0. The highest BCUT2D eigenvalue weighted by Crippen LogP contribution is 2.22. The number of urea groups is 1. The van der Waals surface area contributed by atoms with Crippen molar-refractivity contribution in [1.82, 2.24) is 5.32 Å². The monoisotopic (exact) mass is 320 g/mol. The second kappa shape index (κ2) is 7.38. The molecule has 22 heavy (non-hydrogen) atoms. The van der Waals surface area contributed by atoms with Gasteiger partial charge in [0.15, 0.2) is 0 Å². The van der Waals surface area contributed by atoms with Gasteiger partial charge in [-0.15, -0.1) is 11.8 Å². The molecule has 1 aromatic heterocycles. The molecule has 0 unspecified atom stereocenters. The van der Waals surface area contributed by atoms with E-state index in [9.17, 15) is 9.90 Å². The van der Waals surface area contributed by atoms with Gasteiger partial charge in [-0.2, -0.15) is 0 Å². The van der Waals surface area contributed by atoms with Crippen LogP contribution in [-0.4, -0.2) is 23.4 Å². The standard InChI is InChI=1S/C16H20N2O3S/c1-3-22-13-7-4-6-12(10-13)18-15(19)17-11-16(2,20)14-8-5-9-21-14/h4-10,20H,3,11H2,1-2H3,(H2,17,18,19)/t16-/m1/s1. The maximum atomic E-state index is 11.9. The van der Waals surface area contributed by atoms with E-state index < -0.39 is 5.60 Å². The molecule has 3 N–H and O–H groups in total. The fraction of sp³-hybridized carbons (Fsp3) is 0.312. The van der Waals surface area contributed by atoms with Crippen LogP contribution < -0.4 is 10.6 Å². The zero-order valence-corrected chi connectivity index (χ0v) is 13.4. The number of furan rings is 1. The Morgan fingerprint density at radius 2 is 2.18 bits per heavy atom. The van der Waals surface area contributed by atoms with Crippen LogP contribution in [0.5, 0.6) is 0 Å². The molecule has 0 radical (unpaired) electrons. The normalized spacial score (nSPS) is 13.4. The molecule has 0 saturated carbocycles. The molecule has 5 nitrogen and oxygen atoms in total. The van der Waals surface area contributed by atoms with Gasteiger partial charge in [0.25, 0.3) is 0 Å². The van der Waals surface area contributed by atoms with Gasteiger partial charge in [0.05, 0.1) is 12.8 Å². The van der Waals surface area contributed by atoms with Crippen molar-refractivity contribution in [2.45, 2.75) is 24.3 Å². The summed E-state index contributed by atoms with van der Waals surface area (Å²) in [7, 11) is 0. The SMILES string of the molecule is CCSc1cccc(NC(=O)NC[C@@](C)(O)c2ccco2)c1. The third-order valence-electron chi connectivity index (χ3n) is 3.05. The highest BCUT2D eigenvalue weighted by molar-refractivity contribution is 7.99. The molecule has 0 saturated heterocycles. The molecule has 0 aliphatic rings. The Morgan fingerprint density at radius 3 is 2.86 bits per heavy atom. The number of hydrogen-bond acceptors (Lipinski definition) is 4. The summed E-state index contributed by atoms with van der Waals surface area (Å²) >= 11 is 1.71. The lowest BCUT2D eigenvalue weighted by molar-refractivity contribution is 0.0372. The van der Waals surface area contributed by atoms with Gasteiger partial charge in [-0.05, 0) is 43.0 Å². The molecule has 0 aliphatic carbocycles. The van der Waals surface area contributed by atoms with Gasteiger partial charge >= 0.3 is 6.03 Å². The van der Waals surface area contributed by atoms with Crippen LogP contribution in [0.15, 0.2) is 52.0 Å². The number of hydrogen-bond donors (Lipinski definition) is 3. The third-order valence-corrected chi connectivity index (χ3v) is 3.92. The minimum atomic E-state index is -1.25. The number of amides is 2. The maximum Gasteiger partial charge on any atom is 0.319 e. The Labute approximate surface area is 134 Å². The van der Waals surface area contributed by atoms with E-state index in [-0.39, 0.29) is 12.6 Å². The Hall–Kier alpha value is -1.92. The molecule has 1 heterocycles. The first-order chi connectivity index (χ1) is 10.5. The summed E-state index contributed by atoms with van der Waals surface area (Å²) in [5, 5.41) is 15.7. The van der Waals surface area contributed by atoms with Crippen LogP contribution in [0.25, 0.3) is 0 Å². The molecule has 6 heteroatoms. The Bertz CT molecular complexity index is 612. The van der Waals surface area contributed by atoms with Crippen LogP contribution in [0.1, 0.15) is 19.6 Å². The molecule has 2 rings (SSSR count). The van der Waals surface area contributed by atoms with Crippen molar-refractivity contribution in [2.24, 2.45) is 0 Å². The summed E-state index contributed by atoms with van der Waals surface area (Å²) in [5.74, 6) is 1.39. The quantitative estimate of drug-likeness (QED) is 0.713. The first-order valence-electron chi connectivity index (χ1n) is 7.05. The van der Waals surface area contributed by atoms with Crippen molar-refractivity contribution in [1.29, 1.82) is 0 Å². The number of rotatable bonds is 6. The van der Waals surface area contributed by atoms with E-state index in [1.54, 1.807) is 30.8 Å². The first-order valence-corrected chi connectivity index (χ1v) is 8.04. The number of carbonyl (C=O) groups is 1. The van der Waals surface area contributed by atoms with Gasteiger partial charge in [0.1, 0.15) is 11.4 Å². The van der Waals surface area contributed by atoms with Gasteiger partial charge in [-0.25, -0.2) is 4.79 Å². The van der Waals surface area contributed by atoms with Gasteiger partial charge in [-0.3, -0.25) is 0 Å². The van der Waals surface area contributed by atoms with Crippen molar-refractivity contribution >= 4 is 23.5 Å². The average Bonchev–Trinajstić information content (AvgIpc) is 3.01. The molecule has 0 bridgehead atoms. The molecular formula is C16H20N2O3S. The zero-order chi connectivity index (χ0) is 16.0. The van der Waals surface area contributed by atoms with Crippen LogP contribution in [0, 0.1) is 0 Å². The van der Waals surface area contributed by atoms with E-state index >= 15 is 0 Å². The first kappa shape index (κ1) is 16.5. The zero-order valence-electron chi connectivity index (χ0n) is 12.6. The highest BCUT2D eigenvalue weighted by Gasteiger charge is 2.26. The van der Waals surface area contributed by atoms with Crippen molar-refractivity contribution in [3.8, 4) is 0 Å². The second-order valence-corrected chi connectivity index (χ2v) is 6.36. The number of anilines is 1. The summed E-state index contributed by atoms with van der Waals surface area (Å²) in [6.07, 6.45) is 1.49. The van der Waals surface area contributed by atoms with Gasteiger partial charge in [-0.1, -0.05) is 13.0 Å². The Morgan fingerprint density at radius 1 is 1.36 bits per heavy atom. The molecule has 118 valence electrons. The average molecular weight is 320 g/mol. The van der Waals surface area contributed by atoms with E-state index in [2.05, 4.69) is 17.6 Å². The van der Waals surface area contributed by atoms with Crippen molar-refractivity contribution in [3.63, 3.8) is 0 Å². The summed E-state index contributed by atoms with van der Waals surface area (Å²) in [4.78, 5) is 13.0. The molecule has 1 aromatic carbocycles. The minimum Gasteiger partial charge on any atom is -0.466 e. The molecule has 1 atom stereocenters. The van der Waals surface area contributed by atoms with Crippen molar-refractivity contribution < 1.29 is 14.3 Å². The lowest BCUT2D eigenvalue weighted by Gasteiger charge is -2.21. The van der Waals surface area contributed by atoms with Crippen LogP contribution in [-0.2, 0) is 5.60 Å². The van der Waals surface area contributed by atoms with E-state index in [1.165, 1.54) is 6.26 Å². The van der Waals surface area contributed by atoms with Crippen LogP contribution in [0.2, 0.25) is 0 Å². The fourth-order valence-electron chi connectivity index (χ4n) is 1.93. The Kier molecular flexibility index (Phi) is 5.51. The lowest BCUT2D eigenvalue weighted by Crippen LogP contribution is -2.40. The summed E-state index contributed by atoms with van der Waals surface area (Å²) in [6, 6.07) is 10.6. The van der Waals surface area contributed by atoms with Gasteiger partial charge < -0.3 is 20.2 Å². The second-order valence-electron chi connectivity index (χ2n) is 5.02. The number of benzene rings is 1. The van der Waals surface area contributed by atoms with Gasteiger partial charge in [0.2, 0.25) is 0 Å². The smallest absolute Gasteiger partial charge is 0.319 e. The molecule has 0 fully saturated rings. The van der Waals surface area contributed by atoms with E-state index in [0.717, 1.165) is 10.6 Å². The fourth-order valence-corrected chi connectivity index (χ4v) is 2.65. The van der Waals surface area contributed by atoms with Crippen molar-refractivity contribution in [2.75, 3.05) is 17.6 Å². The number of nitrogens with one attached hydrogen (secondary N) is 2. The van der Waals surface area contributed by atoms with E-state index in [1.807, 2.05) is 24.3 Å². The molecule has 0 aliphatic heterocycles. The number of thioether (sulfide) groups is 1. The van der Waals surface area contributed by atoms with Crippen LogP contribution >= 0.6 is 11.8 Å².